The van der Waals surface area contributed by atoms with Gasteiger partial charge in [0.1, 0.15) is 11.7 Å². The Hall–Kier alpha value is -2.69. The van der Waals surface area contributed by atoms with E-state index in [-0.39, 0.29) is 5.41 Å². The summed E-state index contributed by atoms with van der Waals surface area (Å²) < 4.78 is 2.83. The third-order valence-electron chi connectivity index (χ3n) is 7.09. The molecule has 6 rings (SSSR count). The fourth-order valence-electron chi connectivity index (χ4n) is 5.47. The summed E-state index contributed by atoms with van der Waals surface area (Å²) in [4.78, 5) is 6.51. The van der Waals surface area contributed by atoms with Gasteiger partial charge in [0.25, 0.3) is 0 Å². The highest BCUT2D eigenvalue weighted by Crippen LogP contribution is 2.46. The molecule has 1 aliphatic rings. The van der Waals surface area contributed by atoms with Crippen LogP contribution in [0, 0.1) is 12.8 Å². The van der Waals surface area contributed by atoms with Crippen molar-refractivity contribution in [2.24, 2.45) is 10.9 Å². The van der Waals surface area contributed by atoms with Crippen molar-refractivity contribution in [1.29, 1.82) is 0 Å². The van der Waals surface area contributed by atoms with Gasteiger partial charge < -0.3 is 5.32 Å². The summed E-state index contributed by atoms with van der Waals surface area (Å²) >= 11 is 3.86. The third-order valence-corrected chi connectivity index (χ3v) is 9.58. The summed E-state index contributed by atoms with van der Waals surface area (Å²) in [5.74, 6) is 0.657. The van der Waals surface area contributed by atoms with Gasteiger partial charge in [-0.2, -0.15) is 0 Å². The lowest BCUT2D eigenvalue weighted by Gasteiger charge is -2.24. The van der Waals surface area contributed by atoms with Crippen LogP contribution in [0.25, 0.3) is 30.9 Å². The van der Waals surface area contributed by atoms with Gasteiger partial charge in [0, 0.05) is 21.4 Å². The highest BCUT2D eigenvalue weighted by molar-refractivity contribution is 7.29. The second-order valence-corrected chi connectivity index (χ2v) is 13.4. The maximum Gasteiger partial charge on any atom is 0.109 e. The van der Waals surface area contributed by atoms with Crippen LogP contribution in [0.5, 0.6) is 0 Å². The van der Waals surface area contributed by atoms with Crippen LogP contribution < -0.4 is 5.32 Å². The summed E-state index contributed by atoms with van der Waals surface area (Å²) in [6, 6.07) is 18.2. The number of rotatable bonds is 3. The van der Waals surface area contributed by atoms with Crippen molar-refractivity contribution in [1.82, 2.24) is 0 Å². The molecule has 1 N–H and O–H groups in total. The Morgan fingerprint density at radius 3 is 2.46 bits per heavy atom. The largest absolute Gasteiger partial charge is 0.357 e. The maximum absolute atomic E-state index is 5.05. The Bertz CT molecular complexity index is 1640. The first-order valence-corrected chi connectivity index (χ1v) is 14.2. The molecule has 3 heterocycles. The zero-order chi connectivity index (χ0) is 24.5. The van der Waals surface area contributed by atoms with E-state index in [9.17, 15) is 0 Å². The number of hydrogen-bond donors (Lipinski definition) is 1. The highest BCUT2D eigenvalue weighted by atomic mass is 32.1. The van der Waals surface area contributed by atoms with E-state index in [1.165, 1.54) is 63.1 Å². The van der Waals surface area contributed by atoms with Crippen LogP contribution >= 0.6 is 22.7 Å². The minimum absolute atomic E-state index is 0.0517. The number of hydrogen-bond acceptors (Lipinski definition) is 4. The van der Waals surface area contributed by atoms with Gasteiger partial charge in [-0.25, -0.2) is 0 Å². The number of benzene rings is 3. The first-order chi connectivity index (χ1) is 16.7. The highest BCUT2D eigenvalue weighted by Gasteiger charge is 2.26. The summed E-state index contributed by atoms with van der Waals surface area (Å²) in [5, 5.41) is 10.2. The lowest BCUT2D eigenvalue weighted by molar-refractivity contribution is 0.596. The average molecular weight is 497 g/mol. The Balaban J connectivity index is 1.58. The second kappa shape index (κ2) is 8.18. The van der Waals surface area contributed by atoms with Crippen LogP contribution in [0.2, 0.25) is 0 Å². The Kier molecular flexibility index (Phi) is 5.32. The molecule has 178 valence electrons. The molecular weight excluding hydrogens is 464 g/mol. The summed E-state index contributed by atoms with van der Waals surface area (Å²) in [6.45, 7) is 14.4. The van der Waals surface area contributed by atoms with E-state index in [0.717, 1.165) is 12.1 Å². The molecule has 0 atom stereocenters. The first kappa shape index (κ1) is 22.8. The van der Waals surface area contributed by atoms with Crippen LogP contribution in [0.15, 0.2) is 53.5 Å². The van der Waals surface area contributed by atoms with Crippen LogP contribution in [-0.2, 0) is 11.8 Å². The molecule has 4 heteroatoms. The van der Waals surface area contributed by atoms with Crippen molar-refractivity contribution >= 4 is 64.3 Å². The molecule has 0 radical (unpaired) electrons. The van der Waals surface area contributed by atoms with Crippen LogP contribution in [0.3, 0.4) is 0 Å². The molecule has 0 amide bonds. The van der Waals surface area contributed by atoms with Crippen molar-refractivity contribution < 1.29 is 0 Å². The first-order valence-electron chi connectivity index (χ1n) is 12.5. The zero-order valence-electron chi connectivity index (χ0n) is 21.4. The smallest absolute Gasteiger partial charge is 0.109 e. The SMILES string of the molecule is Cc1sc2c(ccc3c4c(sc32)NCN=C4c2cc(C(C)(C)C)c3ccccc3c2)c1CC(C)C. The Morgan fingerprint density at radius 2 is 1.69 bits per heavy atom. The summed E-state index contributed by atoms with van der Waals surface area (Å²) in [6.07, 6.45) is 1.14. The molecular formula is C31H32N2S2. The van der Waals surface area contributed by atoms with Gasteiger partial charge in [-0.1, -0.05) is 71.0 Å². The molecule has 0 unspecified atom stereocenters. The molecule has 3 aromatic carbocycles. The topological polar surface area (TPSA) is 24.4 Å². The van der Waals surface area contributed by atoms with Crippen LogP contribution in [0.1, 0.15) is 61.7 Å². The Labute approximate surface area is 215 Å². The lowest BCUT2D eigenvalue weighted by atomic mass is 9.81. The van der Waals surface area contributed by atoms with Crippen molar-refractivity contribution in [3.8, 4) is 0 Å². The normalized spacial score (nSPS) is 14.1. The molecule has 0 fully saturated rings. The minimum atomic E-state index is 0.0517. The molecule has 2 aromatic heterocycles. The molecule has 0 spiro atoms. The number of nitrogens with zero attached hydrogens (tertiary/aromatic N) is 1. The van der Waals surface area contributed by atoms with E-state index in [1.54, 1.807) is 0 Å². The predicted molar refractivity (Wildman–Crippen MR) is 157 cm³/mol. The predicted octanol–water partition coefficient (Wildman–Crippen LogP) is 9.29. The molecule has 1 aliphatic heterocycles. The van der Waals surface area contributed by atoms with Gasteiger partial charge in [0.05, 0.1) is 15.1 Å². The number of nitrogens with one attached hydrogen (secondary N) is 1. The van der Waals surface area contributed by atoms with Gasteiger partial charge in [-0.3, -0.25) is 4.99 Å². The number of fused-ring (bicyclic) bond motifs is 6. The van der Waals surface area contributed by atoms with E-state index in [2.05, 4.69) is 95.4 Å². The van der Waals surface area contributed by atoms with Crippen molar-refractivity contribution in [2.45, 2.75) is 53.4 Å². The van der Waals surface area contributed by atoms with Gasteiger partial charge >= 0.3 is 0 Å². The summed E-state index contributed by atoms with van der Waals surface area (Å²) in [7, 11) is 0. The van der Waals surface area contributed by atoms with Crippen molar-refractivity contribution in [2.75, 3.05) is 12.0 Å². The molecule has 2 nitrogen and oxygen atoms in total. The third kappa shape index (κ3) is 3.70. The standard InChI is InChI=1S/C31H32N2S2/c1-17(2)13-24-18(3)34-28-22(24)11-12-23-26-27(32-16-33-30(26)35-29(23)28)20-14-19-9-7-8-10-21(19)25(15-20)31(4,5)6/h7-12,14-15,17,33H,13,16H2,1-6H3. The number of aryl methyl sites for hydroxylation is 1. The fourth-order valence-corrected chi connectivity index (χ4v) is 7.98. The molecule has 35 heavy (non-hydrogen) atoms. The van der Waals surface area contributed by atoms with Crippen molar-refractivity contribution in [3.63, 3.8) is 0 Å². The molecule has 0 saturated carbocycles. The molecule has 0 bridgehead atoms. The number of thiophene rings is 2. The second-order valence-electron chi connectivity index (χ2n) is 11.2. The van der Waals surface area contributed by atoms with Gasteiger partial charge in [0.15, 0.2) is 0 Å². The van der Waals surface area contributed by atoms with Crippen LogP contribution in [-0.4, -0.2) is 12.4 Å². The summed E-state index contributed by atoms with van der Waals surface area (Å²) in [5.41, 5.74) is 6.57. The van der Waals surface area contributed by atoms with Crippen molar-refractivity contribution in [3.05, 3.63) is 75.7 Å². The van der Waals surface area contributed by atoms with E-state index >= 15 is 0 Å². The number of anilines is 1. The van der Waals surface area contributed by atoms with Gasteiger partial charge in [0.2, 0.25) is 0 Å². The molecule has 5 aromatic rings. The fraction of sp³-hybridized carbons (Fsp3) is 0.323. The monoisotopic (exact) mass is 496 g/mol. The average Bonchev–Trinajstić information content (AvgIpc) is 3.35. The van der Waals surface area contributed by atoms with Gasteiger partial charge in [-0.15, -0.1) is 22.7 Å². The quantitative estimate of drug-likeness (QED) is 0.264. The van der Waals surface area contributed by atoms with E-state index < -0.39 is 0 Å². The lowest BCUT2D eigenvalue weighted by Crippen LogP contribution is -2.17. The molecule has 0 aliphatic carbocycles. The number of aliphatic imine (C=N–C) groups is 1. The molecule has 0 saturated heterocycles. The van der Waals surface area contributed by atoms with Crippen LogP contribution in [0.4, 0.5) is 5.00 Å². The van der Waals surface area contributed by atoms with E-state index in [4.69, 9.17) is 4.99 Å². The minimum Gasteiger partial charge on any atom is -0.357 e. The zero-order valence-corrected chi connectivity index (χ0v) is 23.0. The van der Waals surface area contributed by atoms with E-state index in [0.29, 0.717) is 12.6 Å². The van der Waals surface area contributed by atoms with Gasteiger partial charge in [-0.05, 0) is 64.1 Å². The van der Waals surface area contributed by atoms with E-state index in [1.807, 2.05) is 22.7 Å². The maximum atomic E-state index is 5.05. The Morgan fingerprint density at radius 1 is 0.943 bits per heavy atom.